The van der Waals surface area contributed by atoms with E-state index in [1.807, 2.05) is 31.2 Å². The summed E-state index contributed by atoms with van der Waals surface area (Å²) in [6, 6.07) is 16.4. The number of hydrogen-bond acceptors (Lipinski definition) is 8. The second-order valence-electron chi connectivity index (χ2n) is 7.32. The summed E-state index contributed by atoms with van der Waals surface area (Å²) in [4.78, 5) is 39.2. The average molecular weight is 477 g/mol. The lowest BCUT2D eigenvalue weighted by Crippen LogP contribution is -2.15. The van der Waals surface area contributed by atoms with Gasteiger partial charge in [-0.1, -0.05) is 18.2 Å². The third-order valence-corrected chi connectivity index (χ3v) is 5.75. The highest BCUT2D eigenvalue weighted by Gasteiger charge is 2.16. The number of nitrogens with zero attached hydrogens (tertiary/aromatic N) is 2. The Hall–Kier alpha value is -4.31. The van der Waals surface area contributed by atoms with Gasteiger partial charge in [0.1, 0.15) is 17.4 Å². The molecule has 0 radical (unpaired) electrons. The number of carbonyl (C=O) groups is 2. The molecule has 2 aromatic carbocycles. The molecule has 172 valence electrons. The molecule has 0 unspecified atom stereocenters. The highest BCUT2D eigenvalue weighted by molar-refractivity contribution is 7.09. The summed E-state index contributed by atoms with van der Waals surface area (Å²) in [6.07, 6.45) is 0.115. The summed E-state index contributed by atoms with van der Waals surface area (Å²) in [7, 11) is 0. The Labute approximate surface area is 198 Å². The van der Waals surface area contributed by atoms with E-state index < -0.39 is 10.9 Å². The zero-order valence-corrected chi connectivity index (χ0v) is 18.8. The highest BCUT2D eigenvalue weighted by atomic mass is 32.1. The minimum absolute atomic E-state index is 0.00131. The molecule has 0 spiro atoms. The van der Waals surface area contributed by atoms with Crippen LogP contribution in [-0.4, -0.2) is 21.8 Å². The van der Waals surface area contributed by atoms with Crippen molar-refractivity contribution in [2.75, 3.05) is 5.32 Å². The number of rotatable bonds is 8. The van der Waals surface area contributed by atoms with Crippen LogP contribution in [0.2, 0.25) is 0 Å². The number of nitro benzene ring substituents is 1. The van der Waals surface area contributed by atoms with Crippen molar-refractivity contribution in [3.8, 4) is 11.3 Å². The van der Waals surface area contributed by atoms with Gasteiger partial charge in [-0.05, 0) is 42.8 Å². The number of aryl methyl sites for hydroxylation is 1. The minimum Gasteiger partial charge on any atom is -0.453 e. The first kappa shape index (κ1) is 22.9. The van der Waals surface area contributed by atoms with Crippen molar-refractivity contribution < 1.29 is 23.7 Å². The van der Waals surface area contributed by atoms with Crippen molar-refractivity contribution in [2.24, 2.45) is 0 Å². The van der Waals surface area contributed by atoms with Gasteiger partial charge in [0.15, 0.2) is 0 Å². The quantitative estimate of drug-likeness (QED) is 0.211. The van der Waals surface area contributed by atoms with Crippen molar-refractivity contribution in [3.63, 3.8) is 0 Å². The zero-order valence-electron chi connectivity index (χ0n) is 18.0. The molecule has 0 aliphatic carbocycles. The first-order valence-electron chi connectivity index (χ1n) is 10.2. The standard InChI is InChI=1S/C24H19N3O6S/c1-15-4-2-3-5-19(15)26-22(28)12-23-25-17(14-34-23)13-32-24(29)21-11-10-20(33-21)16-6-8-18(9-7-16)27(30)31/h2-11,14H,12-13H2,1H3,(H,26,28). The number of aromatic nitrogens is 1. The number of nitrogens with one attached hydrogen (secondary N) is 1. The van der Waals surface area contributed by atoms with Gasteiger partial charge >= 0.3 is 5.97 Å². The smallest absolute Gasteiger partial charge is 0.374 e. The predicted molar refractivity (Wildman–Crippen MR) is 126 cm³/mol. The third kappa shape index (κ3) is 5.54. The summed E-state index contributed by atoms with van der Waals surface area (Å²) in [6.45, 7) is 1.85. The van der Waals surface area contributed by atoms with Crippen molar-refractivity contribution in [1.29, 1.82) is 0 Å². The number of non-ortho nitro benzene ring substituents is 1. The first-order chi connectivity index (χ1) is 16.4. The molecule has 0 atom stereocenters. The maximum absolute atomic E-state index is 12.3. The van der Waals surface area contributed by atoms with E-state index in [0.717, 1.165) is 11.3 Å². The molecule has 1 N–H and O–H groups in total. The Morgan fingerprint density at radius 2 is 1.88 bits per heavy atom. The molecule has 0 saturated heterocycles. The lowest BCUT2D eigenvalue weighted by molar-refractivity contribution is -0.384. The van der Waals surface area contributed by atoms with Gasteiger partial charge in [0.2, 0.25) is 11.7 Å². The second-order valence-corrected chi connectivity index (χ2v) is 8.26. The summed E-state index contributed by atoms with van der Waals surface area (Å²) in [5.41, 5.74) is 2.81. The number of thiazole rings is 1. The largest absolute Gasteiger partial charge is 0.453 e. The number of amides is 1. The number of anilines is 1. The fourth-order valence-electron chi connectivity index (χ4n) is 3.10. The molecule has 0 saturated carbocycles. The van der Waals surface area contributed by atoms with E-state index in [1.54, 1.807) is 11.4 Å². The molecule has 10 heteroatoms. The van der Waals surface area contributed by atoms with Crippen molar-refractivity contribution in [3.05, 3.63) is 98.2 Å². The van der Waals surface area contributed by atoms with Crippen LogP contribution in [0.1, 0.15) is 26.8 Å². The SMILES string of the molecule is Cc1ccccc1NC(=O)Cc1nc(COC(=O)c2ccc(-c3ccc([N+](=O)[O-])cc3)o2)cs1. The summed E-state index contributed by atoms with van der Waals surface area (Å²) in [5.74, 6) is -0.458. The second kappa shape index (κ2) is 10.1. The van der Waals surface area contributed by atoms with Crippen molar-refractivity contribution in [2.45, 2.75) is 20.0 Å². The molecule has 4 aromatic rings. The first-order valence-corrected chi connectivity index (χ1v) is 11.1. The minimum atomic E-state index is -0.667. The van der Waals surface area contributed by atoms with Gasteiger partial charge in [-0.3, -0.25) is 14.9 Å². The number of nitro groups is 1. The maximum Gasteiger partial charge on any atom is 0.374 e. The average Bonchev–Trinajstić information content (AvgIpc) is 3.49. The third-order valence-electron chi connectivity index (χ3n) is 4.85. The van der Waals surface area contributed by atoms with E-state index in [1.165, 1.54) is 41.7 Å². The van der Waals surface area contributed by atoms with Crippen LogP contribution in [-0.2, 0) is 22.6 Å². The molecule has 4 rings (SSSR count). The van der Waals surface area contributed by atoms with E-state index in [4.69, 9.17) is 9.15 Å². The Morgan fingerprint density at radius 3 is 2.62 bits per heavy atom. The lowest BCUT2D eigenvalue weighted by atomic mass is 10.1. The van der Waals surface area contributed by atoms with Crippen LogP contribution in [0.5, 0.6) is 0 Å². The fourth-order valence-corrected chi connectivity index (χ4v) is 3.88. The van der Waals surface area contributed by atoms with Crippen molar-refractivity contribution >= 4 is 34.6 Å². The van der Waals surface area contributed by atoms with Gasteiger partial charge in [0.25, 0.3) is 5.69 Å². The van der Waals surface area contributed by atoms with Gasteiger partial charge in [0, 0.05) is 28.8 Å². The molecule has 0 aliphatic rings. The van der Waals surface area contributed by atoms with Gasteiger partial charge in [-0.2, -0.15) is 0 Å². The highest BCUT2D eigenvalue weighted by Crippen LogP contribution is 2.25. The predicted octanol–water partition coefficient (Wildman–Crippen LogP) is 5.16. The molecular weight excluding hydrogens is 458 g/mol. The molecule has 0 bridgehead atoms. The normalized spacial score (nSPS) is 10.6. The molecule has 0 aliphatic heterocycles. The van der Waals surface area contributed by atoms with Gasteiger partial charge in [0.05, 0.1) is 17.0 Å². The Kier molecular flexibility index (Phi) is 6.79. The monoisotopic (exact) mass is 477 g/mol. The van der Waals surface area contributed by atoms with Crippen LogP contribution in [0.4, 0.5) is 11.4 Å². The van der Waals surface area contributed by atoms with Crippen LogP contribution in [0.3, 0.4) is 0 Å². The summed E-state index contributed by atoms with van der Waals surface area (Å²) >= 11 is 1.31. The van der Waals surface area contributed by atoms with E-state index in [2.05, 4.69) is 10.3 Å². The molecule has 9 nitrogen and oxygen atoms in total. The topological polar surface area (TPSA) is 125 Å². The lowest BCUT2D eigenvalue weighted by Gasteiger charge is -2.06. The Bertz CT molecular complexity index is 1340. The van der Waals surface area contributed by atoms with E-state index in [-0.39, 0.29) is 30.4 Å². The number of carbonyl (C=O) groups excluding carboxylic acids is 2. The van der Waals surface area contributed by atoms with E-state index in [9.17, 15) is 19.7 Å². The van der Waals surface area contributed by atoms with Crippen LogP contribution >= 0.6 is 11.3 Å². The number of benzene rings is 2. The van der Waals surface area contributed by atoms with E-state index in [0.29, 0.717) is 22.0 Å². The van der Waals surface area contributed by atoms with Crippen LogP contribution < -0.4 is 5.32 Å². The molecule has 2 heterocycles. The molecule has 0 fully saturated rings. The fraction of sp³-hybridized carbons (Fsp3) is 0.125. The van der Waals surface area contributed by atoms with Gasteiger partial charge in [-0.15, -0.1) is 11.3 Å². The number of esters is 1. The number of para-hydroxylation sites is 1. The van der Waals surface area contributed by atoms with Gasteiger partial charge in [-0.25, -0.2) is 9.78 Å². The van der Waals surface area contributed by atoms with E-state index >= 15 is 0 Å². The zero-order chi connectivity index (χ0) is 24.1. The van der Waals surface area contributed by atoms with Crippen LogP contribution in [0.25, 0.3) is 11.3 Å². The molecule has 1 amide bonds. The molecular formula is C24H19N3O6S. The van der Waals surface area contributed by atoms with Crippen molar-refractivity contribution in [1.82, 2.24) is 4.98 Å². The molecule has 2 aromatic heterocycles. The maximum atomic E-state index is 12.3. The Morgan fingerprint density at radius 1 is 1.12 bits per heavy atom. The van der Waals surface area contributed by atoms with Gasteiger partial charge < -0.3 is 14.5 Å². The van der Waals surface area contributed by atoms with Crippen LogP contribution in [0.15, 0.2) is 70.5 Å². The summed E-state index contributed by atoms with van der Waals surface area (Å²) in [5, 5.41) is 16.0. The van der Waals surface area contributed by atoms with Crippen LogP contribution in [0, 0.1) is 17.0 Å². The number of furan rings is 1. The Balaban J connectivity index is 1.30. The number of ether oxygens (including phenoxy) is 1. The number of hydrogen-bond donors (Lipinski definition) is 1. The molecule has 34 heavy (non-hydrogen) atoms. The summed E-state index contributed by atoms with van der Waals surface area (Å²) < 4.78 is 10.8.